The van der Waals surface area contributed by atoms with E-state index >= 15 is 0 Å². The lowest BCUT2D eigenvalue weighted by atomic mass is 10.2. The Kier molecular flexibility index (Phi) is 7.64. The highest BCUT2D eigenvalue weighted by molar-refractivity contribution is 9.10. The Morgan fingerprint density at radius 1 is 1.28 bits per heavy atom. The topological polar surface area (TPSA) is 73.3 Å². The first kappa shape index (κ1) is 19.7. The summed E-state index contributed by atoms with van der Waals surface area (Å²) in [7, 11) is 1.55. The monoisotopic (exact) mass is 427 g/mol. The van der Waals surface area contributed by atoms with Gasteiger partial charge in [-0.25, -0.2) is 0 Å². The van der Waals surface area contributed by atoms with Crippen LogP contribution in [0.1, 0.15) is 48.5 Å². The molecule has 1 N–H and O–H groups in total. The van der Waals surface area contributed by atoms with Gasteiger partial charge in [0.15, 0.2) is 11.5 Å². The van der Waals surface area contributed by atoms with Crippen molar-refractivity contribution in [3.63, 3.8) is 0 Å². The van der Waals surface area contributed by atoms with Crippen LogP contribution in [-0.4, -0.2) is 29.8 Å². The van der Waals surface area contributed by atoms with Gasteiger partial charge in [-0.2, -0.15) is 0 Å². The van der Waals surface area contributed by atoms with Gasteiger partial charge in [-0.3, -0.25) is 10.1 Å². The van der Waals surface area contributed by atoms with Gasteiger partial charge in [0.25, 0.3) is 5.91 Å². The smallest absolute Gasteiger partial charge is 0.257 e. The number of hydrogen-bond donors (Lipinski definition) is 1. The van der Waals surface area contributed by atoms with E-state index in [0.717, 1.165) is 30.7 Å². The minimum absolute atomic E-state index is 0.265. The number of amides is 1. The molecule has 2 aromatic rings. The maximum atomic E-state index is 12.5. The molecular formula is C17H22BrN3O3S. The van der Waals surface area contributed by atoms with Gasteiger partial charge < -0.3 is 9.47 Å². The highest BCUT2D eigenvalue weighted by atomic mass is 79.9. The lowest BCUT2D eigenvalue weighted by Gasteiger charge is -2.13. The average molecular weight is 428 g/mol. The number of carbonyl (C=O) groups is 1. The Bertz CT molecular complexity index is 721. The molecule has 0 saturated heterocycles. The lowest BCUT2D eigenvalue weighted by molar-refractivity contribution is 0.102. The molecule has 0 bridgehead atoms. The third kappa shape index (κ3) is 5.40. The fourth-order valence-electron chi connectivity index (χ4n) is 2.10. The molecule has 136 valence electrons. The quantitative estimate of drug-likeness (QED) is 0.627. The molecule has 2 rings (SSSR count). The highest BCUT2D eigenvalue weighted by Gasteiger charge is 2.17. The number of nitrogens with one attached hydrogen (secondary N) is 1. The zero-order valence-electron chi connectivity index (χ0n) is 14.6. The number of aryl methyl sites for hydroxylation is 1. The van der Waals surface area contributed by atoms with Crippen LogP contribution in [0.2, 0.25) is 0 Å². The van der Waals surface area contributed by atoms with E-state index in [4.69, 9.17) is 9.47 Å². The number of hydrogen-bond acceptors (Lipinski definition) is 6. The number of ether oxygens (including phenoxy) is 2. The van der Waals surface area contributed by atoms with Crippen LogP contribution < -0.4 is 14.8 Å². The SMILES string of the molecule is CCCCc1nnc(NC(=O)c2cc(Br)c(OCCC)c(OC)c2)s1. The number of benzene rings is 1. The van der Waals surface area contributed by atoms with Gasteiger partial charge in [-0.1, -0.05) is 31.6 Å². The number of unbranched alkanes of at least 4 members (excludes halogenated alkanes) is 1. The summed E-state index contributed by atoms with van der Waals surface area (Å²) in [5.74, 6) is 0.840. The first-order valence-corrected chi connectivity index (χ1v) is 9.84. The van der Waals surface area contributed by atoms with Gasteiger partial charge in [0.1, 0.15) is 5.01 Å². The zero-order valence-corrected chi connectivity index (χ0v) is 17.0. The van der Waals surface area contributed by atoms with E-state index in [-0.39, 0.29) is 5.91 Å². The van der Waals surface area contributed by atoms with Crippen molar-refractivity contribution in [2.24, 2.45) is 0 Å². The number of methoxy groups -OCH3 is 1. The summed E-state index contributed by atoms with van der Waals surface area (Å²) >= 11 is 4.85. The molecule has 1 heterocycles. The normalized spacial score (nSPS) is 10.6. The average Bonchev–Trinajstić information content (AvgIpc) is 3.05. The fourth-order valence-corrected chi connectivity index (χ4v) is 3.43. The largest absolute Gasteiger partial charge is 0.493 e. The van der Waals surface area contributed by atoms with E-state index in [9.17, 15) is 4.79 Å². The van der Waals surface area contributed by atoms with Crippen molar-refractivity contribution in [2.75, 3.05) is 19.0 Å². The van der Waals surface area contributed by atoms with Crippen LogP contribution in [0.3, 0.4) is 0 Å². The summed E-state index contributed by atoms with van der Waals surface area (Å²) in [6.07, 6.45) is 3.93. The van der Waals surface area contributed by atoms with E-state index in [1.165, 1.54) is 11.3 Å². The molecule has 0 aliphatic heterocycles. The Balaban J connectivity index is 2.13. The molecule has 1 aromatic heterocycles. The van der Waals surface area contributed by atoms with Crippen LogP contribution in [0.15, 0.2) is 16.6 Å². The molecular weight excluding hydrogens is 406 g/mol. The molecule has 8 heteroatoms. The predicted octanol–water partition coefficient (Wildman–Crippen LogP) is 4.69. The molecule has 0 fully saturated rings. The molecule has 0 saturated carbocycles. The maximum absolute atomic E-state index is 12.5. The minimum atomic E-state index is -0.265. The molecule has 0 atom stereocenters. The van der Waals surface area contributed by atoms with Gasteiger partial charge in [-0.15, -0.1) is 10.2 Å². The summed E-state index contributed by atoms with van der Waals surface area (Å²) in [5, 5.41) is 12.3. The first-order valence-electron chi connectivity index (χ1n) is 8.23. The molecule has 6 nitrogen and oxygen atoms in total. The number of halogens is 1. The third-order valence-electron chi connectivity index (χ3n) is 3.37. The molecule has 0 spiro atoms. The van der Waals surface area contributed by atoms with Gasteiger partial charge in [0, 0.05) is 12.0 Å². The first-order chi connectivity index (χ1) is 12.1. The van der Waals surface area contributed by atoms with Crippen LogP contribution in [0.5, 0.6) is 11.5 Å². The van der Waals surface area contributed by atoms with Crippen molar-refractivity contribution < 1.29 is 14.3 Å². The second kappa shape index (κ2) is 9.72. The van der Waals surface area contributed by atoms with Gasteiger partial charge in [0.05, 0.1) is 18.2 Å². The summed E-state index contributed by atoms with van der Waals surface area (Å²) < 4.78 is 11.7. The third-order valence-corrected chi connectivity index (χ3v) is 4.86. The molecule has 0 radical (unpaired) electrons. The van der Waals surface area contributed by atoms with Gasteiger partial charge >= 0.3 is 0 Å². The summed E-state index contributed by atoms with van der Waals surface area (Å²) in [5.41, 5.74) is 0.456. The number of aromatic nitrogens is 2. The maximum Gasteiger partial charge on any atom is 0.257 e. The molecule has 0 unspecified atom stereocenters. The van der Waals surface area contributed by atoms with Crippen LogP contribution in [-0.2, 0) is 6.42 Å². The van der Waals surface area contributed by atoms with Crippen molar-refractivity contribution in [1.82, 2.24) is 10.2 Å². The lowest BCUT2D eigenvalue weighted by Crippen LogP contribution is -2.12. The Hall–Kier alpha value is -1.67. The second-order valence-electron chi connectivity index (χ2n) is 5.40. The summed E-state index contributed by atoms with van der Waals surface area (Å²) in [6.45, 7) is 4.73. The Morgan fingerprint density at radius 3 is 2.76 bits per heavy atom. The standard InChI is InChI=1S/C17H22BrN3O3S/c1-4-6-7-14-20-21-17(25-14)19-16(22)11-9-12(18)15(24-8-5-2)13(10-11)23-3/h9-10H,4-8H2,1-3H3,(H,19,21,22). The Labute approximate surface area is 160 Å². The molecule has 25 heavy (non-hydrogen) atoms. The number of nitrogens with zero attached hydrogens (tertiary/aromatic N) is 2. The van der Waals surface area contributed by atoms with Crippen molar-refractivity contribution in [1.29, 1.82) is 0 Å². The minimum Gasteiger partial charge on any atom is -0.493 e. The van der Waals surface area contributed by atoms with Crippen molar-refractivity contribution in [3.8, 4) is 11.5 Å². The number of carbonyl (C=O) groups excluding carboxylic acids is 1. The second-order valence-corrected chi connectivity index (χ2v) is 7.31. The van der Waals surface area contributed by atoms with Crippen molar-refractivity contribution >= 4 is 38.3 Å². The predicted molar refractivity (Wildman–Crippen MR) is 103 cm³/mol. The van der Waals surface area contributed by atoms with Gasteiger partial charge in [0.2, 0.25) is 5.13 Å². The molecule has 1 aromatic carbocycles. The molecule has 0 aliphatic rings. The zero-order chi connectivity index (χ0) is 18.2. The Morgan fingerprint density at radius 2 is 2.08 bits per heavy atom. The fraction of sp³-hybridized carbons (Fsp3) is 0.471. The van der Waals surface area contributed by atoms with E-state index in [0.29, 0.717) is 33.3 Å². The molecule has 1 amide bonds. The van der Waals surface area contributed by atoms with Crippen LogP contribution in [0, 0.1) is 0 Å². The van der Waals surface area contributed by atoms with Crippen LogP contribution in [0.25, 0.3) is 0 Å². The highest BCUT2D eigenvalue weighted by Crippen LogP contribution is 2.37. The van der Waals surface area contributed by atoms with Crippen molar-refractivity contribution in [3.05, 3.63) is 27.2 Å². The number of anilines is 1. The van der Waals surface area contributed by atoms with E-state index in [2.05, 4.69) is 38.4 Å². The van der Waals surface area contributed by atoms with Gasteiger partial charge in [-0.05, 0) is 40.9 Å². The molecule has 0 aliphatic carbocycles. The number of rotatable bonds is 9. The van der Waals surface area contributed by atoms with E-state index in [1.54, 1.807) is 19.2 Å². The summed E-state index contributed by atoms with van der Waals surface area (Å²) in [4.78, 5) is 12.5. The summed E-state index contributed by atoms with van der Waals surface area (Å²) in [6, 6.07) is 3.37. The van der Waals surface area contributed by atoms with Crippen LogP contribution in [0.4, 0.5) is 5.13 Å². The van der Waals surface area contributed by atoms with Crippen LogP contribution >= 0.6 is 27.3 Å². The van der Waals surface area contributed by atoms with Crippen molar-refractivity contribution in [2.45, 2.75) is 39.5 Å². The van der Waals surface area contributed by atoms with E-state index < -0.39 is 0 Å². The van der Waals surface area contributed by atoms with E-state index in [1.807, 2.05) is 6.92 Å².